The predicted octanol–water partition coefficient (Wildman–Crippen LogP) is 5.26. The Balaban J connectivity index is 1.36. The molecule has 1 unspecified atom stereocenters. The van der Waals surface area contributed by atoms with E-state index in [9.17, 15) is 4.79 Å². The number of H-pyrrole nitrogens is 1. The molecule has 0 radical (unpaired) electrons. The van der Waals surface area contributed by atoms with Gasteiger partial charge in [-0.25, -0.2) is 9.67 Å². The lowest BCUT2D eigenvalue weighted by molar-refractivity contribution is -0.121. The second-order valence-corrected chi connectivity index (χ2v) is 9.63. The number of nitriles is 1. The molecule has 194 valence electrons. The number of nitrogens with one attached hydrogen (secondary N) is 2. The average Bonchev–Trinajstić information content (AvgIpc) is 3.62. The number of aromatic nitrogens is 6. The smallest absolute Gasteiger partial charge is 0.220 e. The fraction of sp³-hybridized carbons (Fsp3) is 0.143. The molecule has 5 aromatic rings. The Hall–Kier alpha value is -4.52. The van der Waals surface area contributed by atoms with Crippen LogP contribution in [0.3, 0.4) is 0 Å². The van der Waals surface area contributed by atoms with Crippen LogP contribution < -0.4 is 5.32 Å². The van der Waals surface area contributed by atoms with Gasteiger partial charge in [0.25, 0.3) is 0 Å². The van der Waals surface area contributed by atoms with Gasteiger partial charge in [0.2, 0.25) is 5.91 Å². The van der Waals surface area contributed by atoms with E-state index in [1.807, 2.05) is 42.5 Å². The van der Waals surface area contributed by atoms with E-state index in [0.717, 1.165) is 22.4 Å². The number of hydrogen-bond donors (Lipinski definition) is 2. The number of amides is 1. The Morgan fingerprint density at radius 3 is 2.59 bits per heavy atom. The van der Waals surface area contributed by atoms with Crippen LogP contribution in [0.4, 0.5) is 0 Å². The molecule has 0 aliphatic rings. The summed E-state index contributed by atoms with van der Waals surface area (Å²) in [5, 5.41) is 24.5. The second-order valence-electron chi connectivity index (χ2n) is 8.81. The molecule has 3 aromatic carbocycles. The van der Waals surface area contributed by atoms with Crippen LogP contribution in [0.15, 0.2) is 79.1 Å². The van der Waals surface area contributed by atoms with Crippen LogP contribution in [-0.2, 0) is 17.6 Å². The van der Waals surface area contributed by atoms with E-state index >= 15 is 0 Å². The summed E-state index contributed by atoms with van der Waals surface area (Å²) in [6.45, 7) is 0. The van der Waals surface area contributed by atoms with E-state index in [2.05, 4.69) is 31.9 Å². The molecule has 0 spiro atoms. The van der Waals surface area contributed by atoms with Gasteiger partial charge < -0.3 is 10.3 Å². The quantitative estimate of drug-likeness (QED) is 0.255. The zero-order chi connectivity index (χ0) is 27.2. The Morgan fingerprint density at radius 1 is 1.08 bits per heavy atom. The van der Waals surface area contributed by atoms with E-state index in [1.54, 1.807) is 30.3 Å². The fourth-order valence-electron chi connectivity index (χ4n) is 4.26. The van der Waals surface area contributed by atoms with Crippen LogP contribution in [0, 0.1) is 11.3 Å². The normalized spacial score (nSPS) is 11.6. The van der Waals surface area contributed by atoms with Crippen LogP contribution in [0.1, 0.15) is 35.0 Å². The maximum atomic E-state index is 13.2. The van der Waals surface area contributed by atoms with Crippen molar-refractivity contribution < 1.29 is 4.79 Å². The highest BCUT2D eigenvalue weighted by Gasteiger charge is 2.22. The molecule has 2 aromatic heterocycles. The van der Waals surface area contributed by atoms with Gasteiger partial charge in [-0.3, -0.25) is 4.79 Å². The first-order valence-electron chi connectivity index (χ1n) is 12.1. The first kappa shape index (κ1) is 26.1. The lowest BCUT2D eigenvalue weighted by Gasteiger charge is -2.17. The van der Waals surface area contributed by atoms with Crippen molar-refractivity contribution in [2.75, 3.05) is 0 Å². The van der Waals surface area contributed by atoms with Crippen molar-refractivity contribution in [2.24, 2.45) is 0 Å². The van der Waals surface area contributed by atoms with Crippen molar-refractivity contribution >= 4 is 29.1 Å². The minimum atomic E-state index is -0.456. The summed E-state index contributed by atoms with van der Waals surface area (Å²) < 4.78 is 1.54. The highest BCUT2D eigenvalue weighted by atomic mass is 35.5. The number of benzene rings is 3. The van der Waals surface area contributed by atoms with Gasteiger partial charge in [0.05, 0.1) is 23.4 Å². The maximum Gasteiger partial charge on any atom is 0.220 e. The molecule has 0 saturated heterocycles. The minimum Gasteiger partial charge on any atom is -0.346 e. The van der Waals surface area contributed by atoms with Crippen molar-refractivity contribution in [3.8, 4) is 23.0 Å². The molecule has 2 N–H and O–H groups in total. The number of tetrazole rings is 1. The standard InChI is InChI=1S/C28H22Cl2N8O/c29-22-11-12-24(38-17-32-36-37-38)21(15-22)10-13-25(39)33-23(14-18-4-2-1-3-5-18)28-34-26(27(30)35-28)20-8-6-19(16-31)7-9-20/h1-9,11-12,15,17,23H,10,13-14H2,(H,33,39)(H,34,35). The molecule has 0 saturated carbocycles. The summed E-state index contributed by atoms with van der Waals surface area (Å²) >= 11 is 12.8. The van der Waals surface area contributed by atoms with Crippen LogP contribution in [0.2, 0.25) is 10.2 Å². The van der Waals surface area contributed by atoms with Gasteiger partial charge in [0.15, 0.2) is 0 Å². The number of aryl methyl sites for hydroxylation is 1. The molecule has 2 heterocycles. The molecule has 9 nitrogen and oxygen atoms in total. The third kappa shape index (κ3) is 6.32. The molecule has 0 aliphatic heterocycles. The third-order valence-electron chi connectivity index (χ3n) is 6.17. The summed E-state index contributed by atoms with van der Waals surface area (Å²) in [5.74, 6) is 0.375. The summed E-state index contributed by atoms with van der Waals surface area (Å²) in [6, 6.07) is 23.9. The Labute approximate surface area is 234 Å². The molecule has 39 heavy (non-hydrogen) atoms. The summed E-state index contributed by atoms with van der Waals surface area (Å²) in [5.41, 5.74) is 4.49. The molecule has 0 aliphatic carbocycles. The molecular formula is C28H22Cl2N8O. The molecule has 5 rings (SSSR count). The largest absolute Gasteiger partial charge is 0.346 e. The van der Waals surface area contributed by atoms with Gasteiger partial charge in [-0.05, 0) is 64.7 Å². The molecule has 0 fully saturated rings. The zero-order valence-electron chi connectivity index (χ0n) is 20.6. The topological polar surface area (TPSA) is 125 Å². The van der Waals surface area contributed by atoms with E-state index in [1.165, 1.54) is 11.0 Å². The van der Waals surface area contributed by atoms with Crippen molar-refractivity contribution in [2.45, 2.75) is 25.3 Å². The van der Waals surface area contributed by atoms with Crippen LogP contribution >= 0.6 is 23.2 Å². The van der Waals surface area contributed by atoms with E-state index in [-0.39, 0.29) is 12.3 Å². The summed E-state index contributed by atoms with van der Waals surface area (Å²) in [7, 11) is 0. The number of carbonyl (C=O) groups excluding carboxylic acids is 1. The maximum absolute atomic E-state index is 13.2. The predicted molar refractivity (Wildman–Crippen MR) is 147 cm³/mol. The van der Waals surface area contributed by atoms with Gasteiger partial charge in [-0.15, -0.1) is 5.10 Å². The van der Waals surface area contributed by atoms with Crippen molar-refractivity contribution in [3.63, 3.8) is 0 Å². The second kappa shape index (κ2) is 11.9. The van der Waals surface area contributed by atoms with Gasteiger partial charge in [0, 0.05) is 17.0 Å². The zero-order valence-corrected chi connectivity index (χ0v) is 22.1. The number of aromatic amines is 1. The first-order valence-corrected chi connectivity index (χ1v) is 12.9. The Kier molecular flexibility index (Phi) is 7.96. The lowest BCUT2D eigenvalue weighted by atomic mass is 10.0. The van der Waals surface area contributed by atoms with Crippen molar-refractivity contribution in [1.82, 2.24) is 35.5 Å². The van der Waals surface area contributed by atoms with Gasteiger partial charge >= 0.3 is 0 Å². The monoisotopic (exact) mass is 556 g/mol. The molecule has 11 heteroatoms. The van der Waals surface area contributed by atoms with Crippen LogP contribution in [-0.4, -0.2) is 36.1 Å². The number of imidazole rings is 1. The fourth-order valence-corrected chi connectivity index (χ4v) is 4.70. The molecule has 1 atom stereocenters. The molecule has 1 amide bonds. The average molecular weight is 557 g/mol. The van der Waals surface area contributed by atoms with E-state index < -0.39 is 6.04 Å². The van der Waals surface area contributed by atoms with Gasteiger partial charge in [-0.2, -0.15) is 5.26 Å². The van der Waals surface area contributed by atoms with Gasteiger partial charge in [-0.1, -0.05) is 65.7 Å². The van der Waals surface area contributed by atoms with Gasteiger partial charge in [0.1, 0.15) is 23.0 Å². The third-order valence-corrected chi connectivity index (χ3v) is 6.68. The van der Waals surface area contributed by atoms with E-state index in [0.29, 0.717) is 40.1 Å². The van der Waals surface area contributed by atoms with E-state index in [4.69, 9.17) is 33.4 Å². The lowest BCUT2D eigenvalue weighted by Crippen LogP contribution is -2.31. The number of rotatable bonds is 9. The minimum absolute atomic E-state index is 0.161. The van der Waals surface area contributed by atoms with Crippen molar-refractivity contribution in [1.29, 1.82) is 5.26 Å². The summed E-state index contributed by atoms with van der Waals surface area (Å²) in [4.78, 5) is 21.1. The number of nitrogens with zero attached hydrogens (tertiary/aromatic N) is 6. The number of carbonyl (C=O) groups is 1. The molecular weight excluding hydrogens is 535 g/mol. The molecule has 0 bridgehead atoms. The highest BCUT2D eigenvalue weighted by Crippen LogP contribution is 2.29. The van der Waals surface area contributed by atoms with Crippen molar-refractivity contribution in [3.05, 3.63) is 112 Å². The van der Waals surface area contributed by atoms with Crippen LogP contribution in [0.25, 0.3) is 16.9 Å². The summed E-state index contributed by atoms with van der Waals surface area (Å²) in [6.07, 6.45) is 2.64. The SMILES string of the molecule is N#Cc1ccc(-c2nc(C(Cc3ccccc3)NC(=O)CCc3cc(Cl)ccc3-n3cnnn3)[nH]c2Cl)cc1. The highest BCUT2D eigenvalue weighted by molar-refractivity contribution is 6.32. The Morgan fingerprint density at radius 2 is 1.87 bits per heavy atom. The van der Waals surface area contributed by atoms with Crippen LogP contribution in [0.5, 0.6) is 0 Å². The Bertz CT molecular complexity index is 1610. The first-order chi connectivity index (χ1) is 19.0. The number of halogens is 2. The number of hydrogen-bond acceptors (Lipinski definition) is 6.